The van der Waals surface area contributed by atoms with Crippen LogP contribution < -0.4 is 10.4 Å². The van der Waals surface area contributed by atoms with Gasteiger partial charge in [0.1, 0.15) is 17.1 Å². The summed E-state index contributed by atoms with van der Waals surface area (Å²) in [7, 11) is 3.05. The van der Waals surface area contributed by atoms with Crippen molar-refractivity contribution in [3.63, 3.8) is 0 Å². The molecule has 0 saturated carbocycles. The van der Waals surface area contributed by atoms with E-state index in [1.807, 2.05) is 12.2 Å². The lowest BCUT2D eigenvalue weighted by Gasteiger charge is -2.18. The molecule has 1 aliphatic carbocycles. The molecule has 1 aromatic heterocycles. The minimum Gasteiger partial charge on any atom is -0.496 e. The predicted molar refractivity (Wildman–Crippen MR) is 116 cm³/mol. The van der Waals surface area contributed by atoms with Crippen molar-refractivity contribution in [3.8, 4) is 5.75 Å². The molecule has 0 bridgehead atoms. The van der Waals surface area contributed by atoms with E-state index in [-0.39, 0.29) is 23.9 Å². The number of methoxy groups -OCH3 is 2. The third-order valence-electron chi connectivity index (χ3n) is 4.94. The second kappa shape index (κ2) is 9.57. The number of hydrogen-bond acceptors (Lipinski definition) is 7. The summed E-state index contributed by atoms with van der Waals surface area (Å²) >= 11 is 0. The molecule has 1 aliphatic rings. The van der Waals surface area contributed by atoms with E-state index >= 15 is 0 Å². The first-order valence-corrected chi connectivity index (χ1v) is 9.77. The molecule has 162 valence electrons. The molecule has 1 unspecified atom stereocenters. The topological polar surface area (TPSA) is 92.0 Å². The summed E-state index contributed by atoms with van der Waals surface area (Å²) in [6.07, 6.45) is 7.05. The van der Waals surface area contributed by atoms with E-state index in [0.717, 1.165) is 5.57 Å². The number of ether oxygens (including phenoxy) is 3. The normalized spacial score (nSPS) is 16.5. The number of carbonyl (C=O) groups is 2. The SMILES string of the molecule is COCc1c(OC(C)=O)ccc2c(/C(C=O)=C/C3=C(OC)C=CC(C)C3)cc(=O)oc12. The zero-order valence-electron chi connectivity index (χ0n) is 17.9. The summed E-state index contributed by atoms with van der Waals surface area (Å²) in [6.45, 7) is 3.40. The fraction of sp³-hybridized carbons (Fsp3) is 0.292. The molecule has 0 amide bonds. The second-order valence-electron chi connectivity index (χ2n) is 7.28. The van der Waals surface area contributed by atoms with Crippen LogP contribution in [0.3, 0.4) is 0 Å². The van der Waals surface area contributed by atoms with Gasteiger partial charge in [-0.2, -0.15) is 0 Å². The Morgan fingerprint density at radius 2 is 2.06 bits per heavy atom. The Balaban J connectivity index is 2.26. The lowest BCUT2D eigenvalue weighted by molar-refractivity contribution is -0.132. The predicted octanol–water partition coefficient (Wildman–Crippen LogP) is 3.94. The average molecular weight is 424 g/mol. The van der Waals surface area contributed by atoms with E-state index in [1.54, 1.807) is 25.3 Å². The van der Waals surface area contributed by atoms with Gasteiger partial charge in [0, 0.05) is 36.6 Å². The van der Waals surface area contributed by atoms with Gasteiger partial charge >= 0.3 is 11.6 Å². The minimum atomic E-state index is -0.634. The van der Waals surface area contributed by atoms with Crippen molar-refractivity contribution < 1.29 is 28.2 Å². The molecule has 0 N–H and O–H groups in total. The average Bonchev–Trinajstić information content (AvgIpc) is 2.73. The third-order valence-corrected chi connectivity index (χ3v) is 4.94. The van der Waals surface area contributed by atoms with Gasteiger partial charge in [-0.1, -0.05) is 13.0 Å². The zero-order chi connectivity index (χ0) is 22.5. The maximum Gasteiger partial charge on any atom is 0.336 e. The fourth-order valence-electron chi connectivity index (χ4n) is 3.60. The molecule has 0 spiro atoms. The van der Waals surface area contributed by atoms with Crippen LogP contribution in [0.15, 0.2) is 57.0 Å². The largest absolute Gasteiger partial charge is 0.496 e. The highest BCUT2D eigenvalue weighted by Crippen LogP contribution is 2.34. The number of allylic oxidation sites excluding steroid dienone is 5. The number of rotatable bonds is 7. The quantitative estimate of drug-likeness (QED) is 0.218. The Hall–Kier alpha value is -3.45. The van der Waals surface area contributed by atoms with Crippen LogP contribution in [-0.2, 0) is 25.7 Å². The number of fused-ring (bicyclic) bond motifs is 1. The van der Waals surface area contributed by atoms with Crippen molar-refractivity contribution in [2.24, 2.45) is 5.92 Å². The van der Waals surface area contributed by atoms with Gasteiger partial charge in [0.25, 0.3) is 0 Å². The minimum absolute atomic E-state index is 0.0494. The van der Waals surface area contributed by atoms with Gasteiger partial charge in [0.2, 0.25) is 0 Å². The van der Waals surface area contributed by atoms with Gasteiger partial charge in [0.05, 0.1) is 19.3 Å². The Bertz CT molecular complexity index is 1160. The highest BCUT2D eigenvalue weighted by atomic mass is 16.5. The van der Waals surface area contributed by atoms with Gasteiger partial charge in [-0.15, -0.1) is 0 Å². The highest BCUT2D eigenvalue weighted by Gasteiger charge is 2.19. The third kappa shape index (κ3) is 4.83. The molecular weight excluding hydrogens is 400 g/mol. The molecule has 0 saturated heterocycles. The summed E-state index contributed by atoms with van der Waals surface area (Å²) in [4.78, 5) is 35.9. The Kier molecular flexibility index (Phi) is 6.87. The van der Waals surface area contributed by atoms with Crippen molar-refractivity contribution in [1.29, 1.82) is 0 Å². The number of esters is 1. The summed E-state index contributed by atoms with van der Waals surface area (Å²) in [6, 6.07) is 4.52. The number of carbonyl (C=O) groups excluding carboxylic acids is 2. The van der Waals surface area contributed by atoms with E-state index in [1.165, 1.54) is 20.1 Å². The van der Waals surface area contributed by atoms with Gasteiger partial charge in [-0.25, -0.2) is 4.79 Å². The van der Waals surface area contributed by atoms with E-state index in [4.69, 9.17) is 18.6 Å². The fourth-order valence-corrected chi connectivity index (χ4v) is 3.60. The monoisotopic (exact) mass is 424 g/mol. The molecule has 1 heterocycles. The van der Waals surface area contributed by atoms with Crippen molar-refractivity contribution >= 4 is 28.8 Å². The lowest BCUT2D eigenvalue weighted by Crippen LogP contribution is -2.08. The molecule has 1 atom stereocenters. The standard InChI is InChI=1S/C24H24O7/c1-14-5-7-21(29-4)16(9-14)10-17(12-25)19-11-23(27)31-24-18(19)6-8-22(30-15(2)26)20(24)13-28-3/h5-8,10-12,14H,9,13H2,1-4H3/b17-10+. The molecular formula is C24H24O7. The summed E-state index contributed by atoms with van der Waals surface area (Å²) in [5, 5.41) is 0.528. The van der Waals surface area contributed by atoms with Gasteiger partial charge in [0.15, 0.2) is 6.29 Å². The van der Waals surface area contributed by atoms with Crippen LogP contribution in [0.25, 0.3) is 16.5 Å². The van der Waals surface area contributed by atoms with Crippen LogP contribution in [0, 0.1) is 5.92 Å². The van der Waals surface area contributed by atoms with E-state index in [0.29, 0.717) is 40.6 Å². The number of benzene rings is 1. The van der Waals surface area contributed by atoms with Crippen LogP contribution in [-0.4, -0.2) is 26.5 Å². The van der Waals surface area contributed by atoms with Crippen LogP contribution in [0.5, 0.6) is 5.75 Å². The summed E-state index contributed by atoms with van der Waals surface area (Å²) < 4.78 is 21.3. The molecule has 0 radical (unpaired) electrons. The van der Waals surface area contributed by atoms with Crippen molar-refractivity contribution in [3.05, 3.63) is 69.3 Å². The first-order valence-electron chi connectivity index (χ1n) is 9.77. The Morgan fingerprint density at radius 1 is 1.29 bits per heavy atom. The zero-order valence-corrected chi connectivity index (χ0v) is 17.9. The molecule has 1 aromatic carbocycles. The second-order valence-corrected chi connectivity index (χ2v) is 7.28. The summed E-state index contributed by atoms with van der Waals surface area (Å²) in [5.41, 5.74) is 1.56. The molecule has 7 heteroatoms. The highest BCUT2D eigenvalue weighted by molar-refractivity contribution is 6.13. The number of hydrogen-bond donors (Lipinski definition) is 0. The molecule has 0 aliphatic heterocycles. The molecule has 0 fully saturated rings. The van der Waals surface area contributed by atoms with Gasteiger partial charge in [-0.3, -0.25) is 9.59 Å². The molecule has 31 heavy (non-hydrogen) atoms. The molecule has 7 nitrogen and oxygen atoms in total. The van der Waals surface area contributed by atoms with E-state index in [2.05, 4.69) is 6.92 Å². The van der Waals surface area contributed by atoms with Gasteiger partial charge in [-0.05, 0) is 42.2 Å². The molecule has 2 aromatic rings. The first-order chi connectivity index (χ1) is 14.9. The van der Waals surface area contributed by atoms with Crippen molar-refractivity contribution in [2.75, 3.05) is 14.2 Å². The smallest absolute Gasteiger partial charge is 0.336 e. The Labute approximate surface area is 179 Å². The van der Waals surface area contributed by atoms with Crippen LogP contribution >= 0.6 is 0 Å². The number of aldehydes is 1. The Morgan fingerprint density at radius 3 is 2.71 bits per heavy atom. The maximum absolute atomic E-state index is 12.4. The van der Waals surface area contributed by atoms with Crippen LogP contribution in [0.2, 0.25) is 0 Å². The maximum atomic E-state index is 12.4. The molecule has 3 rings (SSSR count). The van der Waals surface area contributed by atoms with Crippen LogP contribution in [0.4, 0.5) is 0 Å². The van der Waals surface area contributed by atoms with Crippen LogP contribution in [0.1, 0.15) is 31.4 Å². The van der Waals surface area contributed by atoms with Crippen molar-refractivity contribution in [1.82, 2.24) is 0 Å². The van der Waals surface area contributed by atoms with Gasteiger partial charge < -0.3 is 18.6 Å². The lowest BCUT2D eigenvalue weighted by atomic mass is 9.91. The van der Waals surface area contributed by atoms with E-state index < -0.39 is 11.6 Å². The summed E-state index contributed by atoms with van der Waals surface area (Å²) in [5.74, 6) is 0.675. The van der Waals surface area contributed by atoms with E-state index in [9.17, 15) is 14.4 Å². The van der Waals surface area contributed by atoms with Crippen molar-refractivity contribution in [2.45, 2.75) is 26.9 Å². The first kappa shape index (κ1) is 22.2.